The van der Waals surface area contributed by atoms with E-state index in [1.807, 2.05) is 47.7 Å². The number of thiophene rings is 1. The zero-order valence-electron chi connectivity index (χ0n) is 24.7. The van der Waals surface area contributed by atoms with Gasteiger partial charge in [0.2, 0.25) is 0 Å². The molecule has 0 bridgehead atoms. The van der Waals surface area contributed by atoms with Crippen molar-refractivity contribution in [3.8, 4) is 51.0 Å². The largest absolute Gasteiger partial charge is 0.292 e. The summed E-state index contributed by atoms with van der Waals surface area (Å²) < 4.78 is 4.71. The third kappa shape index (κ3) is 4.48. The van der Waals surface area contributed by atoms with Crippen molar-refractivity contribution < 1.29 is 0 Å². The van der Waals surface area contributed by atoms with Gasteiger partial charge in [0.1, 0.15) is 5.82 Å². The van der Waals surface area contributed by atoms with Crippen LogP contribution in [-0.4, -0.2) is 19.5 Å². The van der Waals surface area contributed by atoms with Crippen molar-refractivity contribution in [1.29, 1.82) is 0 Å². The first-order chi connectivity index (χ1) is 22.8. The van der Waals surface area contributed by atoms with Crippen LogP contribution in [0.25, 0.3) is 82.2 Å². The summed E-state index contributed by atoms with van der Waals surface area (Å²) in [6.07, 6.45) is 0. The minimum atomic E-state index is 0.714. The average Bonchev–Trinajstić information content (AvgIpc) is 3.71. The highest BCUT2D eigenvalue weighted by molar-refractivity contribution is 7.26. The van der Waals surface area contributed by atoms with Gasteiger partial charge in [-0.2, -0.15) is 0 Å². The Morgan fingerprint density at radius 3 is 1.98 bits per heavy atom. The Morgan fingerprint density at radius 1 is 0.478 bits per heavy atom. The fourth-order valence-electron chi connectivity index (χ4n) is 6.30. The van der Waals surface area contributed by atoms with Crippen LogP contribution in [-0.2, 0) is 0 Å². The third-order valence-electron chi connectivity index (χ3n) is 8.43. The first kappa shape index (κ1) is 26.5. The fraction of sp³-hybridized carbons (Fsp3) is 0. The van der Waals surface area contributed by atoms with Crippen LogP contribution < -0.4 is 0 Å². The lowest BCUT2D eigenvalue weighted by molar-refractivity contribution is 1.10. The maximum atomic E-state index is 5.18. The Balaban J connectivity index is 1.28. The minimum absolute atomic E-state index is 0.714. The molecule has 5 heteroatoms. The van der Waals surface area contributed by atoms with Gasteiger partial charge in [-0.3, -0.25) is 4.57 Å². The second-order valence-corrected chi connectivity index (χ2v) is 12.4. The molecule has 46 heavy (non-hydrogen) atoms. The van der Waals surface area contributed by atoms with Gasteiger partial charge in [-0.25, -0.2) is 15.0 Å². The number of para-hydroxylation sites is 3. The number of aromatic nitrogens is 4. The van der Waals surface area contributed by atoms with Gasteiger partial charge >= 0.3 is 0 Å². The molecule has 9 aromatic rings. The number of fused-ring (bicyclic) bond motifs is 4. The van der Waals surface area contributed by atoms with Crippen LogP contribution in [0.15, 0.2) is 158 Å². The van der Waals surface area contributed by atoms with Crippen molar-refractivity contribution >= 4 is 42.5 Å². The molecule has 0 saturated heterocycles. The van der Waals surface area contributed by atoms with Gasteiger partial charge in [-0.15, -0.1) is 11.3 Å². The van der Waals surface area contributed by atoms with E-state index in [-0.39, 0.29) is 0 Å². The van der Waals surface area contributed by atoms with Crippen LogP contribution in [0.4, 0.5) is 0 Å². The highest BCUT2D eigenvalue weighted by Gasteiger charge is 2.18. The lowest BCUT2D eigenvalue weighted by Gasteiger charge is -2.11. The molecule has 216 valence electrons. The monoisotopic (exact) mass is 606 g/mol. The van der Waals surface area contributed by atoms with E-state index in [0.717, 1.165) is 56.2 Å². The van der Waals surface area contributed by atoms with E-state index >= 15 is 0 Å². The summed E-state index contributed by atoms with van der Waals surface area (Å²) in [6, 6.07) is 54.8. The second-order valence-electron chi connectivity index (χ2n) is 11.3. The zero-order valence-corrected chi connectivity index (χ0v) is 25.5. The summed E-state index contributed by atoms with van der Waals surface area (Å²) in [5.41, 5.74) is 9.17. The summed E-state index contributed by atoms with van der Waals surface area (Å²) >= 11 is 1.81. The Kier molecular flexibility index (Phi) is 6.28. The molecule has 0 fully saturated rings. The molecule has 4 nitrogen and oxygen atoms in total. The molecule has 0 saturated carbocycles. The van der Waals surface area contributed by atoms with E-state index in [4.69, 9.17) is 15.0 Å². The molecule has 0 N–H and O–H groups in total. The number of hydrogen-bond donors (Lipinski definition) is 0. The molecule has 0 aliphatic heterocycles. The SMILES string of the molecule is c1ccc(-c2cc(-c3cccc4sc5ccc(-c6nc7ccccc7n6-c6ccccc6)cc5c34)nc(-c3ccccc3)n2)cc1. The molecule has 0 unspecified atom stereocenters. The fourth-order valence-corrected chi connectivity index (χ4v) is 7.41. The summed E-state index contributed by atoms with van der Waals surface area (Å²) in [7, 11) is 0. The lowest BCUT2D eigenvalue weighted by Crippen LogP contribution is -1.97. The van der Waals surface area contributed by atoms with E-state index in [0.29, 0.717) is 5.82 Å². The predicted molar refractivity (Wildman–Crippen MR) is 191 cm³/mol. The number of rotatable bonds is 5. The smallest absolute Gasteiger partial charge is 0.160 e. The van der Waals surface area contributed by atoms with Crippen LogP contribution in [0.5, 0.6) is 0 Å². The minimum Gasteiger partial charge on any atom is -0.292 e. The van der Waals surface area contributed by atoms with Crippen molar-refractivity contribution in [1.82, 2.24) is 19.5 Å². The first-order valence-corrected chi connectivity index (χ1v) is 16.1. The quantitative estimate of drug-likeness (QED) is 0.196. The van der Waals surface area contributed by atoms with Crippen LogP contribution in [0.3, 0.4) is 0 Å². The molecule has 0 aliphatic rings. The van der Waals surface area contributed by atoms with Gasteiger partial charge in [0.05, 0.1) is 22.4 Å². The molecular weight excluding hydrogens is 581 g/mol. The summed E-state index contributed by atoms with van der Waals surface area (Å²) in [5.74, 6) is 1.64. The maximum absolute atomic E-state index is 5.18. The van der Waals surface area contributed by atoms with Gasteiger partial charge in [0, 0.05) is 48.1 Å². The Hall–Kier alpha value is -5.91. The van der Waals surface area contributed by atoms with Crippen molar-refractivity contribution in [2.75, 3.05) is 0 Å². The summed E-state index contributed by atoms with van der Waals surface area (Å²) in [5, 5.41) is 2.39. The van der Waals surface area contributed by atoms with E-state index in [9.17, 15) is 0 Å². The van der Waals surface area contributed by atoms with Gasteiger partial charge in [0.15, 0.2) is 5.82 Å². The Morgan fingerprint density at radius 2 is 1.17 bits per heavy atom. The van der Waals surface area contributed by atoms with Crippen LogP contribution in [0.2, 0.25) is 0 Å². The number of hydrogen-bond acceptors (Lipinski definition) is 4. The molecule has 0 atom stereocenters. The van der Waals surface area contributed by atoms with Crippen LogP contribution in [0.1, 0.15) is 0 Å². The van der Waals surface area contributed by atoms with Crippen LogP contribution >= 0.6 is 11.3 Å². The first-order valence-electron chi connectivity index (χ1n) is 15.3. The lowest BCUT2D eigenvalue weighted by atomic mass is 10.0. The van der Waals surface area contributed by atoms with Crippen molar-refractivity contribution in [3.63, 3.8) is 0 Å². The van der Waals surface area contributed by atoms with Crippen LogP contribution in [0, 0.1) is 0 Å². The molecule has 9 rings (SSSR count). The zero-order chi connectivity index (χ0) is 30.5. The third-order valence-corrected chi connectivity index (χ3v) is 9.57. The Bertz CT molecular complexity index is 2460. The van der Waals surface area contributed by atoms with Crippen molar-refractivity contribution in [2.24, 2.45) is 0 Å². The molecule has 0 radical (unpaired) electrons. The normalized spacial score (nSPS) is 11.5. The van der Waals surface area contributed by atoms with E-state index in [1.165, 1.54) is 20.2 Å². The Labute approximate surface area is 269 Å². The number of benzene rings is 6. The predicted octanol–water partition coefficient (Wildman–Crippen LogP) is 10.9. The molecular formula is C41H26N4S. The molecule has 0 amide bonds. The van der Waals surface area contributed by atoms with Gasteiger partial charge in [-0.05, 0) is 54.6 Å². The van der Waals surface area contributed by atoms with Gasteiger partial charge < -0.3 is 0 Å². The summed E-state index contributed by atoms with van der Waals surface area (Å²) in [6.45, 7) is 0. The molecule has 0 spiro atoms. The maximum Gasteiger partial charge on any atom is 0.160 e. The van der Waals surface area contributed by atoms with E-state index in [2.05, 4.69) is 126 Å². The molecule has 0 aliphatic carbocycles. The molecule has 3 aromatic heterocycles. The van der Waals surface area contributed by atoms with E-state index < -0.39 is 0 Å². The number of imidazole rings is 1. The van der Waals surface area contributed by atoms with Gasteiger partial charge in [0.25, 0.3) is 0 Å². The van der Waals surface area contributed by atoms with Crippen molar-refractivity contribution in [3.05, 3.63) is 158 Å². The second kappa shape index (κ2) is 10.9. The highest BCUT2D eigenvalue weighted by atomic mass is 32.1. The standard InChI is InChI=1S/C41H26N4S/c1-4-13-27(14-5-1)34-26-35(43-40(42-34)28-15-6-2-7-16-28)31-19-12-22-38-39(31)32-25-29(23-24-37(32)46-38)41-44-33-20-10-11-21-36(33)45(41)30-17-8-3-9-18-30/h1-26H. The summed E-state index contributed by atoms with van der Waals surface area (Å²) in [4.78, 5) is 15.3. The van der Waals surface area contributed by atoms with E-state index in [1.54, 1.807) is 0 Å². The topological polar surface area (TPSA) is 43.6 Å². The average molecular weight is 607 g/mol. The number of nitrogens with zero attached hydrogens (tertiary/aromatic N) is 4. The van der Waals surface area contributed by atoms with Gasteiger partial charge in [-0.1, -0.05) is 103 Å². The molecule has 3 heterocycles. The molecule has 6 aromatic carbocycles. The van der Waals surface area contributed by atoms with Crippen molar-refractivity contribution in [2.45, 2.75) is 0 Å². The highest BCUT2D eigenvalue weighted by Crippen LogP contribution is 2.42.